The molecule has 0 spiro atoms. The molecule has 16 heavy (non-hydrogen) atoms. The van der Waals surface area contributed by atoms with E-state index in [1.807, 2.05) is 0 Å². The molecule has 0 aromatic carbocycles. The Morgan fingerprint density at radius 2 is 2.06 bits per heavy atom. The number of ether oxygens (including phenoxy) is 1. The lowest BCUT2D eigenvalue weighted by molar-refractivity contribution is -0.137. The SMILES string of the molecule is CCOC(=O)C=Cc1cnc(C(=O)O)nc1. The van der Waals surface area contributed by atoms with Crippen molar-refractivity contribution in [1.29, 1.82) is 0 Å². The van der Waals surface area contributed by atoms with Gasteiger partial charge in [-0.1, -0.05) is 0 Å². The number of nitrogens with zero attached hydrogens (tertiary/aromatic N) is 2. The van der Waals surface area contributed by atoms with E-state index in [-0.39, 0.29) is 5.82 Å². The monoisotopic (exact) mass is 222 g/mol. The summed E-state index contributed by atoms with van der Waals surface area (Å²) in [5.41, 5.74) is 0.526. The molecule has 0 unspecified atom stereocenters. The van der Waals surface area contributed by atoms with Gasteiger partial charge in [0.15, 0.2) is 0 Å². The van der Waals surface area contributed by atoms with E-state index in [1.165, 1.54) is 24.5 Å². The summed E-state index contributed by atoms with van der Waals surface area (Å²) in [6.45, 7) is 2.01. The molecule has 0 bridgehead atoms. The fourth-order valence-electron chi connectivity index (χ4n) is 0.889. The summed E-state index contributed by atoms with van der Waals surface area (Å²) in [6, 6.07) is 0. The molecular formula is C10H10N2O4. The van der Waals surface area contributed by atoms with Crippen LogP contribution in [-0.2, 0) is 9.53 Å². The number of carboxylic acids is 1. The number of carbonyl (C=O) groups excluding carboxylic acids is 1. The first kappa shape index (κ1) is 11.8. The van der Waals surface area contributed by atoms with Crippen LogP contribution in [0.1, 0.15) is 23.1 Å². The lowest BCUT2D eigenvalue weighted by Crippen LogP contribution is -2.03. The summed E-state index contributed by atoms with van der Waals surface area (Å²) in [7, 11) is 0. The van der Waals surface area contributed by atoms with Crippen LogP contribution in [0.3, 0.4) is 0 Å². The van der Waals surface area contributed by atoms with E-state index < -0.39 is 11.9 Å². The number of carboxylic acid groups (broad SMARTS) is 1. The number of carbonyl (C=O) groups is 2. The van der Waals surface area contributed by atoms with Crippen LogP contribution in [0.2, 0.25) is 0 Å². The van der Waals surface area contributed by atoms with Crippen LogP contribution < -0.4 is 0 Å². The smallest absolute Gasteiger partial charge is 0.373 e. The number of hydrogen-bond acceptors (Lipinski definition) is 5. The van der Waals surface area contributed by atoms with E-state index in [1.54, 1.807) is 6.92 Å². The van der Waals surface area contributed by atoms with Crippen molar-refractivity contribution >= 4 is 18.0 Å². The van der Waals surface area contributed by atoms with Gasteiger partial charge in [-0.25, -0.2) is 19.6 Å². The predicted octanol–water partition coefficient (Wildman–Crippen LogP) is 0.751. The molecule has 1 rings (SSSR count). The van der Waals surface area contributed by atoms with Gasteiger partial charge in [-0.2, -0.15) is 0 Å². The molecular weight excluding hydrogens is 212 g/mol. The van der Waals surface area contributed by atoms with Gasteiger partial charge in [-0.05, 0) is 13.0 Å². The Balaban J connectivity index is 2.68. The van der Waals surface area contributed by atoms with Gasteiger partial charge in [0, 0.05) is 24.0 Å². The highest BCUT2D eigenvalue weighted by molar-refractivity contribution is 5.87. The van der Waals surface area contributed by atoms with Gasteiger partial charge in [0.05, 0.1) is 6.61 Å². The molecule has 1 aromatic heterocycles. The topological polar surface area (TPSA) is 89.4 Å². The highest BCUT2D eigenvalue weighted by atomic mass is 16.5. The van der Waals surface area contributed by atoms with Crippen molar-refractivity contribution in [3.05, 3.63) is 29.9 Å². The molecule has 0 atom stereocenters. The third kappa shape index (κ3) is 3.49. The summed E-state index contributed by atoms with van der Waals surface area (Å²) >= 11 is 0. The molecule has 6 nitrogen and oxygen atoms in total. The van der Waals surface area contributed by atoms with E-state index in [9.17, 15) is 9.59 Å². The van der Waals surface area contributed by atoms with Gasteiger partial charge in [-0.3, -0.25) is 0 Å². The van der Waals surface area contributed by atoms with E-state index in [2.05, 4.69) is 14.7 Å². The Labute approximate surface area is 91.6 Å². The molecule has 0 aliphatic heterocycles. The van der Waals surface area contributed by atoms with Gasteiger partial charge in [0.25, 0.3) is 0 Å². The molecule has 0 aliphatic rings. The predicted molar refractivity (Wildman–Crippen MR) is 54.7 cm³/mol. The first-order valence-corrected chi connectivity index (χ1v) is 4.53. The average Bonchev–Trinajstić information content (AvgIpc) is 2.27. The van der Waals surface area contributed by atoms with Crippen LogP contribution in [0.5, 0.6) is 0 Å². The maximum absolute atomic E-state index is 10.9. The maximum Gasteiger partial charge on any atom is 0.373 e. The van der Waals surface area contributed by atoms with E-state index in [0.717, 1.165) is 0 Å². The van der Waals surface area contributed by atoms with Gasteiger partial charge in [0.2, 0.25) is 5.82 Å². The van der Waals surface area contributed by atoms with Gasteiger partial charge >= 0.3 is 11.9 Å². The number of rotatable bonds is 4. The van der Waals surface area contributed by atoms with Crippen LogP contribution in [0, 0.1) is 0 Å². The molecule has 0 aliphatic carbocycles. The molecule has 0 fully saturated rings. The number of hydrogen-bond donors (Lipinski definition) is 1. The first-order valence-electron chi connectivity index (χ1n) is 4.53. The van der Waals surface area contributed by atoms with E-state index >= 15 is 0 Å². The fourth-order valence-corrected chi connectivity index (χ4v) is 0.889. The molecule has 0 saturated carbocycles. The molecule has 6 heteroatoms. The standard InChI is InChI=1S/C10H10N2O4/c1-2-16-8(13)4-3-7-5-11-9(10(14)15)12-6-7/h3-6H,2H2,1H3,(H,14,15). The lowest BCUT2D eigenvalue weighted by Gasteiger charge is -1.95. The molecule has 0 radical (unpaired) electrons. The zero-order valence-corrected chi connectivity index (χ0v) is 8.58. The maximum atomic E-state index is 10.9. The summed E-state index contributed by atoms with van der Waals surface area (Å²) in [5, 5.41) is 8.55. The zero-order valence-electron chi connectivity index (χ0n) is 8.58. The third-order valence-corrected chi connectivity index (χ3v) is 1.56. The van der Waals surface area contributed by atoms with Gasteiger partial charge in [0.1, 0.15) is 0 Å². The Kier molecular flexibility index (Phi) is 4.14. The van der Waals surface area contributed by atoms with Gasteiger partial charge < -0.3 is 9.84 Å². The fraction of sp³-hybridized carbons (Fsp3) is 0.200. The Bertz CT molecular complexity index is 411. The van der Waals surface area contributed by atoms with Crippen molar-refractivity contribution in [2.24, 2.45) is 0 Å². The number of aromatic nitrogens is 2. The largest absolute Gasteiger partial charge is 0.475 e. The summed E-state index contributed by atoms with van der Waals surface area (Å²) in [5.74, 6) is -1.95. The van der Waals surface area contributed by atoms with Gasteiger partial charge in [-0.15, -0.1) is 0 Å². The second kappa shape index (κ2) is 5.59. The summed E-state index contributed by atoms with van der Waals surface area (Å²) in [4.78, 5) is 28.6. The second-order valence-electron chi connectivity index (χ2n) is 2.73. The Hall–Kier alpha value is -2.24. The molecule has 1 heterocycles. The normalized spacial score (nSPS) is 10.3. The Morgan fingerprint density at radius 1 is 1.44 bits per heavy atom. The Morgan fingerprint density at radius 3 is 2.56 bits per heavy atom. The molecule has 1 aromatic rings. The third-order valence-electron chi connectivity index (χ3n) is 1.56. The van der Waals surface area contributed by atoms with E-state index in [4.69, 9.17) is 5.11 Å². The molecule has 1 N–H and O–H groups in total. The molecule has 84 valence electrons. The highest BCUT2D eigenvalue weighted by Gasteiger charge is 2.04. The molecule has 0 amide bonds. The average molecular weight is 222 g/mol. The van der Waals surface area contributed by atoms with Crippen molar-refractivity contribution < 1.29 is 19.4 Å². The second-order valence-corrected chi connectivity index (χ2v) is 2.73. The quantitative estimate of drug-likeness (QED) is 0.597. The van der Waals surface area contributed by atoms with Crippen LogP contribution in [-0.4, -0.2) is 33.6 Å². The lowest BCUT2D eigenvalue weighted by atomic mass is 10.3. The first-order chi connectivity index (χ1) is 7.63. The van der Waals surface area contributed by atoms with Crippen LogP contribution >= 0.6 is 0 Å². The van der Waals surface area contributed by atoms with Crippen molar-refractivity contribution in [3.8, 4) is 0 Å². The van der Waals surface area contributed by atoms with Crippen molar-refractivity contribution in [3.63, 3.8) is 0 Å². The van der Waals surface area contributed by atoms with Crippen LogP contribution in [0.15, 0.2) is 18.5 Å². The minimum Gasteiger partial charge on any atom is -0.475 e. The zero-order chi connectivity index (χ0) is 12.0. The minimum absolute atomic E-state index is 0.284. The number of aromatic carboxylic acids is 1. The van der Waals surface area contributed by atoms with Crippen molar-refractivity contribution in [1.82, 2.24) is 9.97 Å². The summed E-state index contributed by atoms with van der Waals surface area (Å²) < 4.78 is 4.66. The summed E-state index contributed by atoms with van der Waals surface area (Å²) in [6.07, 6.45) is 5.30. The minimum atomic E-state index is -1.19. The molecule has 0 saturated heterocycles. The number of esters is 1. The van der Waals surface area contributed by atoms with Crippen molar-refractivity contribution in [2.45, 2.75) is 6.92 Å². The highest BCUT2D eigenvalue weighted by Crippen LogP contribution is 1.99. The van der Waals surface area contributed by atoms with Crippen LogP contribution in [0.25, 0.3) is 6.08 Å². The van der Waals surface area contributed by atoms with Crippen molar-refractivity contribution in [2.75, 3.05) is 6.61 Å². The van der Waals surface area contributed by atoms with E-state index in [0.29, 0.717) is 12.2 Å². The van der Waals surface area contributed by atoms with Crippen LogP contribution in [0.4, 0.5) is 0 Å².